The summed E-state index contributed by atoms with van der Waals surface area (Å²) >= 11 is 0. The highest BCUT2D eigenvalue weighted by molar-refractivity contribution is 5.94. The molecule has 6 heteroatoms. The summed E-state index contributed by atoms with van der Waals surface area (Å²) in [6.07, 6.45) is 7.08. The second-order valence-electron chi connectivity index (χ2n) is 9.14. The second kappa shape index (κ2) is 9.92. The molecule has 3 fully saturated rings. The third-order valence-electron chi connectivity index (χ3n) is 6.98. The van der Waals surface area contributed by atoms with Crippen molar-refractivity contribution in [1.29, 1.82) is 0 Å². The first-order chi connectivity index (χ1) is 14.6. The number of nitrogens with one attached hydrogen (secondary N) is 1. The number of piperazine rings is 1. The molecular weight excluding hydrogens is 376 g/mol. The summed E-state index contributed by atoms with van der Waals surface area (Å²) in [5.74, 6) is 0.227. The summed E-state index contributed by atoms with van der Waals surface area (Å²) in [5.41, 5.74) is 1.99. The van der Waals surface area contributed by atoms with Crippen molar-refractivity contribution >= 4 is 11.8 Å². The number of hydrogen-bond acceptors (Lipinski definition) is 4. The van der Waals surface area contributed by atoms with Crippen molar-refractivity contribution in [3.63, 3.8) is 0 Å². The zero-order chi connectivity index (χ0) is 20.9. The summed E-state index contributed by atoms with van der Waals surface area (Å²) in [5, 5.41) is 3.15. The van der Waals surface area contributed by atoms with Gasteiger partial charge in [0.15, 0.2) is 0 Å². The summed E-state index contributed by atoms with van der Waals surface area (Å²) < 4.78 is 0. The van der Waals surface area contributed by atoms with E-state index in [9.17, 15) is 9.59 Å². The number of aryl methyl sites for hydroxylation is 1. The van der Waals surface area contributed by atoms with Gasteiger partial charge in [-0.25, -0.2) is 0 Å². The van der Waals surface area contributed by atoms with Gasteiger partial charge in [0.05, 0.1) is 6.54 Å². The molecule has 2 aliphatic heterocycles. The molecule has 1 unspecified atom stereocenters. The first-order valence-corrected chi connectivity index (χ1v) is 11.8. The van der Waals surface area contributed by atoms with Crippen LogP contribution in [0.2, 0.25) is 0 Å². The third-order valence-corrected chi connectivity index (χ3v) is 6.98. The van der Waals surface area contributed by atoms with Gasteiger partial charge in [0, 0.05) is 56.9 Å². The molecule has 30 heavy (non-hydrogen) atoms. The van der Waals surface area contributed by atoms with Gasteiger partial charge in [-0.15, -0.1) is 0 Å². The number of amides is 2. The Balaban J connectivity index is 1.18. The van der Waals surface area contributed by atoms with Crippen LogP contribution in [0, 0.1) is 0 Å². The van der Waals surface area contributed by atoms with E-state index in [2.05, 4.69) is 22.0 Å². The molecule has 1 aromatic rings. The number of carbonyl (C=O) groups excluding carboxylic acids is 2. The lowest BCUT2D eigenvalue weighted by Gasteiger charge is -2.43. The van der Waals surface area contributed by atoms with Gasteiger partial charge in [-0.1, -0.05) is 31.9 Å². The topological polar surface area (TPSA) is 55.9 Å². The highest BCUT2D eigenvalue weighted by Crippen LogP contribution is 2.25. The Morgan fingerprint density at radius 2 is 1.73 bits per heavy atom. The average molecular weight is 413 g/mol. The van der Waals surface area contributed by atoms with Gasteiger partial charge in [0.2, 0.25) is 5.91 Å². The van der Waals surface area contributed by atoms with E-state index in [4.69, 9.17) is 0 Å². The molecule has 2 amide bonds. The van der Waals surface area contributed by atoms with E-state index in [0.717, 1.165) is 64.6 Å². The molecule has 4 rings (SSSR count). The van der Waals surface area contributed by atoms with E-state index in [-0.39, 0.29) is 17.9 Å². The molecule has 0 spiro atoms. The van der Waals surface area contributed by atoms with Crippen LogP contribution >= 0.6 is 0 Å². The van der Waals surface area contributed by atoms with Gasteiger partial charge in [0.1, 0.15) is 0 Å². The Labute approximate surface area is 180 Å². The van der Waals surface area contributed by atoms with E-state index >= 15 is 0 Å². The van der Waals surface area contributed by atoms with E-state index in [1.54, 1.807) is 0 Å². The number of nitrogens with zero attached hydrogens (tertiary/aromatic N) is 3. The molecule has 3 aliphatic rings. The van der Waals surface area contributed by atoms with Crippen molar-refractivity contribution in [2.24, 2.45) is 0 Å². The largest absolute Gasteiger partial charge is 0.348 e. The van der Waals surface area contributed by atoms with Crippen LogP contribution in [-0.2, 0) is 11.2 Å². The molecule has 1 aromatic carbocycles. The Kier molecular flexibility index (Phi) is 7.05. The number of carbonyl (C=O) groups is 2. The van der Waals surface area contributed by atoms with E-state index in [0.29, 0.717) is 12.1 Å². The molecule has 0 radical (unpaired) electrons. The summed E-state index contributed by atoms with van der Waals surface area (Å²) in [6, 6.07) is 8.81. The minimum absolute atomic E-state index is 0.0108. The van der Waals surface area contributed by atoms with Crippen LogP contribution in [0.4, 0.5) is 0 Å². The van der Waals surface area contributed by atoms with Crippen LogP contribution < -0.4 is 5.32 Å². The monoisotopic (exact) mass is 412 g/mol. The molecule has 1 aliphatic carbocycles. The van der Waals surface area contributed by atoms with Gasteiger partial charge in [-0.2, -0.15) is 0 Å². The predicted molar refractivity (Wildman–Crippen MR) is 119 cm³/mol. The van der Waals surface area contributed by atoms with Crippen molar-refractivity contribution in [2.75, 3.05) is 45.8 Å². The number of likely N-dealkylation sites (tertiary alicyclic amines) is 1. The zero-order valence-corrected chi connectivity index (χ0v) is 18.3. The van der Waals surface area contributed by atoms with Crippen molar-refractivity contribution < 1.29 is 9.59 Å². The van der Waals surface area contributed by atoms with Gasteiger partial charge in [0.25, 0.3) is 5.91 Å². The Hall–Kier alpha value is -1.92. The Morgan fingerprint density at radius 1 is 1.00 bits per heavy atom. The molecule has 1 saturated carbocycles. The van der Waals surface area contributed by atoms with Crippen LogP contribution in [0.5, 0.6) is 0 Å². The van der Waals surface area contributed by atoms with Crippen molar-refractivity contribution in [3.8, 4) is 0 Å². The lowest BCUT2D eigenvalue weighted by Crippen LogP contribution is -2.55. The lowest BCUT2D eigenvalue weighted by atomic mass is 9.91. The second-order valence-corrected chi connectivity index (χ2v) is 9.14. The summed E-state index contributed by atoms with van der Waals surface area (Å²) in [6.45, 7) is 8.02. The normalized spacial score (nSPS) is 23.4. The van der Waals surface area contributed by atoms with Crippen LogP contribution in [-0.4, -0.2) is 84.4 Å². The Morgan fingerprint density at radius 3 is 2.37 bits per heavy atom. The van der Waals surface area contributed by atoms with Crippen LogP contribution in [0.3, 0.4) is 0 Å². The first-order valence-electron chi connectivity index (χ1n) is 11.8. The molecule has 0 aromatic heterocycles. The lowest BCUT2D eigenvalue weighted by molar-refractivity contribution is -0.134. The van der Waals surface area contributed by atoms with E-state index in [1.165, 1.54) is 24.8 Å². The van der Waals surface area contributed by atoms with Crippen molar-refractivity contribution in [2.45, 2.75) is 57.5 Å². The maximum Gasteiger partial charge on any atom is 0.251 e. The quantitative estimate of drug-likeness (QED) is 0.746. The van der Waals surface area contributed by atoms with Crippen LogP contribution in [0.25, 0.3) is 0 Å². The van der Waals surface area contributed by atoms with E-state index in [1.807, 2.05) is 29.2 Å². The van der Waals surface area contributed by atoms with Gasteiger partial charge in [-0.05, 0) is 43.4 Å². The zero-order valence-electron chi connectivity index (χ0n) is 18.3. The van der Waals surface area contributed by atoms with Crippen molar-refractivity contribution in [3.05, 3.63) is 35.4 Å². The van der Waals surface area contributed by atoms with Crippen LogP contribution in [0.1, 0.15) is 54.9 Å². The molecular formula is C24H36N4O2. The molecule has 6 nitrogen and oxygen atoms in total. The fourth-order valence-corrected chi connectivity index (χ4v) is 4.85. The fraction of sp³-hybridized carbons (Fsp3) is 0.667. The number of benzene rings is 1. The minimum atomic E-state index is -0.0108. The number of hydrogen-bond donors (Lipinski definition) is 1. The molecule has 2 heterocycles. The minimum Gasteiger partial charge on any atom is -0.348 e. The summed E-state index contributed by atoms with van der Waals surface area (Å²) in [4.78, 5) is 32.1. The SMILES string of the molecule is CCCc1ccc(C(=O)NC2CCN(CC(=O)N3CCN(C4CCC4)CC3)C2)cc1. The smallest absolute Gasteiger partial charge is 0.251 e. The molecule has 1 atom stereocenters. The third kappa shape index (κ3) is 5.22. The maximum absolute atomic E-state index is 12.7. The highest BCUT2D eigenvalue weighted by atomic mass is 16.2. The molecule has 0 bridgehead atoms. The van der Waals surface area contributed by atoms with Gasteiger partial charge in [-0.3, -0.25) is 19.4 Å². The maximum atomic E-state index is 12.7. The molecule has 1 N–H and O–H groups in total. The highest BCUT2D eigenvalue weighted by Gasteiger charge is 2.31. The molecule has 164 valence electrons. The fourth-order valence-electron chi connectivity index (χ4n) is 4.85. The van der Waals surface area contributed by atoms with Gasteiger partial charge >= 0.3 is 0 Å². The Bertz CT molecular complexity index is 723. The van der Waals surface area contributed by atoms with E-state index < -0.39 is 0 Å². The number of rotatable bonds is 7. The molecule has 2 saturated heterocycles. The first kappa shape index (κ1) is 21.3. The van der Waals surface area contributed by atoms with Crippen molar-refractivity contribution in [1.82, 2.24) is 20.0 Å². The van der Waals surface area contributed by atoms with Crippen LogP contribution in [0.15, 0.2) is 24.3 Å². The van der Waals surface area contributed by atoms with Gasteiger partial charge < -0.3 is 10.2 Å². The standard InChI is InChI=1S/C24H36N4O2/c1-2-4-19-7-9-20(10-8-19)24(30)25-21-11-12-26(17-21)18-23(29)28-15-13-27(14-16-28)22-5-3-6-22/h7-10,21-22H,2-6,11-18H2,1H3,(H,25,30). The average Bonchev–Trinajstić information content (AvgIpc) is 3.14. The summed E-state index contributed by atoms with van der Waals surface area (Å²) in [7, 11) is 0. The predicted octanol–water partition coefficient (Wildman–Crippen LogP) is 2.14.